The summed E-state index contributed by atoms with van der Waals surface area (Å²) in [5.74, 6) is 0.362. The van der Waals surface area contributed by atoms with Gasteiger partial charge in [0.05, 0.1) is 6.07 Å². The molecule has 1 aromatic carbocycles. The Balaban J connectivity index is 2.59. The largest absolute Gasteiger partial charge is 0.367 e. The Bertz CT molecular complexity index is 302. The molecule has 0 saturated heterocycles. The second kappa shape index (κ2) is 5.41. The maximum Gasteiger partial charge on any atom is 0.144 e. The minimum atomic E-state index is -0.301. The summed E-state index contributed by atoms with van der Waals surface area (Å²) >= 11 is 0. The molecule has 0 aliphatic carbocycles. The highest BCUT2D eigenvalue weighted by molar-refractivity contribution is 5.19. The van der Waals surface area contributed by atoms with Crippen LogP contribution in [0.25, 0.3) is 0 Å². The molecule has 0 bridgehead atoms. The topological polar surface area (TPSA) is 33.0 Å². The Labute approximate surface area is 85.1 Å². The average Bonchev–Trinajstić information content (AvgIpc) is 2.26. The van der Waals surface area contributed by atoms with Crippen LogP contribution in [-0.2, 0) is 4.74 Å². The van der Waals surface area contributed by atoms with Crippen LogP contribution in [0.15, 0.2) is 30.3 Å². The molecule has 0 heterocycles. The SMILES string of the molecule is COC(C#N)CC(C)c1ccccc1. The van der Waals surface area contributed by atoms with Gasteiger partial charge in [0, 0.05) is 7.11 Å². The number of hydrogen-bond acceptors (Lipinski definition) is 2. The lowest BCUT2D eigenvalue weighted by molar-refractivity contribution is 0.134. The van der Waals surface area contributed by atoms with Gasteiger partial charge in [-0.3, -0.25) is 0 Å². The van der Waals surface area contributed by atoms with Gasteiger partial charge in [-0.2, -0.15) is 5.26 Å². The number of methoxy groups -OCH3 is 1. The van der Waals surface area contributed by atoms with E-state index in [9.17, 15) is 0 Å². The van der Waals surface area contributed by atoms with Crippen molar-refractivity contribution in [2.24, 2.45) is 0 Å². The third kappa shape index (κ3) is 2.86. The predicted molar refractivity (Wildman–Crippen MR) is 55.9 cm³/mol. The van der Waals surface area contributed by atoms with E-state index in [1.54, 1.807) is 7.11 Å². The third-order valence-electron chi connectivity index (χ3n) is 2.36. The molecule has 0 aromatic heterocycles. The second-order valence-electron chi connectivity index (χ2n) is 3.40. The first-order chi connectivity index (χ1) is 6.77. The summed E-state index contributed by atoms with van der Waals surface area (Å²) in [7, 11) is 1.58. The van der Waals surface area contributed by atoms with Crippen molar-refractivity contribution >= 4 is 0 Å². The van der Waals surface area contributed by atoms with E-state index in [0.717, 1.165) is 6.42 Å². The highest BCUT2D eigenvalue weighted by Gasteiger charge is 2.12. The van der Waals surface area contributed by atoms with Crippen LogP contribution in [0.2, 0.25) is 0 Å². The van der Waals surface area contributed by atoms with Gasteiger partial charge in [-0.15, -0.1) is 0 Å². The summed E-state index contributed by atoms with van der Waals surface area (Å²) in [6.07, 6.45) is 0.446. The first-order valence-electron chi connectivity index (χ1n) is 4.75. The second-order valence-corrected chi connectivity index (χ2v) is 3.40. The van der Waals surface area contributed by atoms with Crippen LogP contribution in [0.1, 0.15) is 24.8 Å². The van der Waals surface area contributed by atoms with Crippen molar-refractivity contribution in [3.8, 4) is 6.07 Å². The normalized spacial score (nSPS) is 14.4. The van der Waals surface area contributed by atoms with E-state index in [4.69, 9.17) is 10.00 Å². The van der Waals surface area contributed by atoms with Crippen molar-refractivity contribution in [2.75, 3.05) is 7.11 Å². The number of ether oxygens (including phenoxy) is 1. The molecule has 0 fully saturated rings. The van der Waals surface area contributed by atoms with Crippen LogP contribution < -0.4 is 0 Å². The Morgan fingerprint density at radius 3 is 2.50 bits per heavy atom. The van der Waals surface area contributed by atoms with Gasteiger partial charge in [-0.25, -0.2) is 0 Å². The summed E-state index contributed by atoms with van der Waals surface area (Å²) in [5, 5.41) is 8.75. The molecule has 0 aliphatic heterocycles. The van der Waals surface area contributed by atoms with Crippen LogP contribution in [0.4, 0.5) is 0 Å². The van der Waals surface area contributed by atoms with Gasteiger partial charge in [-0.05, 0) is 17.9 Å². The molecule has 2 nitrogen and oxygen atoms in total. The summed E-state index contributed by atoms with van der Waals surface area (Å²) in [6.45, 7) is 2.11. The van der Waals surface area contributed by atoms with Gasteiger partial charge in [-0.1, -0.05) is 37.3 Å². The van der Waals surface area contributed by atoms with Crippen molar-refractivity contribution in [2.45, 2.75) is 25.4 Å². The summed E-state index contributed by atoms with van der Waals surface area (Å²) < 4.78 is 5.03. The summed E-state index contributed by atoms with van der Waals surface area (Å²) in [4.78, 5) is 0. The van der Waals surface area contributed by atoms with E-state index in [2.05, 4.69) is 25.1 Å². The molecule has 2 atom stereocenters. The molecule has 2 heteroatoms. The van der Waals surface area contributed by atoms with Crippen molar-refractivity contribution in [3.63, 3.8) is 0 Å². The molecule has 0 N–H and O–H groups in total. The molecule has 2 unspecified atom stereocenters. The lowest BCUT2D eigenvalue weighted by atomic mass is 9.95. The van der Waals surface area contributed by atoms with Gasteiger partial charge in [0.25, 0.3) is 0 Å². The van der Waals surface area contributed by atoms with Gasteiger partial charge in [0.2, 0.25) is 0 Å². The Kier molecular flexibility index (Phi) is 4.15. The monoisotopic (exact) mass is 189 g/mol. The minimum absolute atomic E-state index is 0.301. The van der Waals surface area contributed by atoms with E-state index in [1.165, 1.54) is 5.56 Å². The first kappa shape index (κ1) is 10.7. The zero-order valence-corrected chi connectivity index (χ0v) is 8.60. The van der Waals surface area contributed by atoms with E-state index in [-0.39, 0.29) is 6.10 Å². The van der Waals surface area contributed by atoms with Crippen molar-refractivity contribution in [1.29, 1.82) is 5.26 Å². The van der Waals surface area contributed by atoms with Crippen LogP contribution >= 0.6 is 0 Å². The Morgan fingerprint density at radius 1 is 1.36 bits per heavy atom. The third-order valence-corrected chi connectivity index (χ3v) is 2.36. The van der Waals surface area contributed by atoms with E-state index < -0.39 is 0 Å². The lowest BCUT2D eigenvalue weighted by Gasteiger charge is -2.14. The number of nitriles is 1. The number of hydrogen-bond donors (Lipinski definition) is 0. The van der Waals surface area contributed by atoms with Gasteiger partial charge < -0.3 is 4.74 Å². The molecule has 1 rings (SSSR count). The molecular weight excluding hydrogens is 174 g/mol. The fraction of sp³-hybridized carbons (Fsp3) is 0.417. The molecular formula is C12H15NO. The van der Waals surface area contributed by atoms with Gasteiger partial charge >= 0.3 is 0 Å². The number of nitrogens with zero attached hydrogens (tertiary/aromatic N) is 1. The van der Waals surface area contributed by atoms with Crippen molar-refractivity contribution < 1.29 is 4.74 Å². The molecule has 0 spiro atoms. The van der Waals surface area contributed by atoms with Gasteiger partial charge in [0.15, 0.2) is 0 Å². The van der Waals surface area contributed by atoms with Crippen LogP contribution in [0.5, 0.6) is 0 Å². The van der Waals surface area contributed by atoms with E-state index >= 15 is 0 Å². The van der Waals surface area contributed by atoms with Crippen molar-refractivity contribution in [1.82, 2.24) is 0 Å². The molecule has 0 amide bonds. The summed E-state index contributed by atoms with van der Waals surface area (Å²) in [6, 6.07) is 12.3. The Morgan fingerprint density at radius 2 is 2.00 bits per heavy atom. The van der Waals surface area contributed by atoms with Crippen LogP contribution in [0.3, 0.4) is 0 Å². The molecule has 0 saturated carbocycles. The number of rotatable bonds is 4. The molecule has 0 aliphatic rings. The molecule has 14 heavy (non-hydrogen) atoms. The highest BCUT2D eigenvalue weighted by atomic mass is 16.5. The molecule has 0 radical (unpaired) electrons. The maximum absolute atomic E-state index is 8.75. The molecule has 74 valence electrons. The first-order valence-corrected chi connectivity index (χ1v) is 4.75. The van der Waals surface area contributed by atoms with E-state index in [0.29, 0.717) is 5.92 Å². The van der Waals surface area contributed by atoms with Crippen LogP contribution in [0, 0.1) is 11.3 Å². The Hall–Kier alpha value is -1.33. The molecule has 1 aromatic rings. The lowest BCUT2D eigenvalue weighted by Crippen LogP contribution is -2.11. The fourth-order valence-electron chi connectivity index (χ4n) is 1.44. The smallest absolute Gasteiger partial charge is 0.144 e. The quantitative estimate of drug-likeness (QED) is 0.729. The standard InChI is InChI=1S/C12H15NO/c1-10(8-12(9-13)14-2)11-6-4-3-5-7-11/h3-7,10,12H,8H2,1-2H3. The van der Waals surface area contributed by atoms with Gasteiger partial charge in [0.1, 0.15) is 6.10 Å². The predicted octanol–water partition coefficient (Wildman–Crippen LogP) is 2.72. The van der Waals surface area contributed by atoms with Crippen molar-refractivity contribution in [3.05, 3.63) is 35.9 Å². The zero-order chi connectivity index (χ0) is 10.4. The number of benzene rings is 1. The van der Waals surface area contributed by atoms with Crippen LogP contribution in [-0.4, -0.2) is 13.2 Å². The summed E-state index contributed by atoms with van der Waals surface area (Å²) in [5.41, 5.74) is 1.25. The van der Waals surface area contributed by atoms with E-state index in [1.807, 2.05) is 18.2 Å². The minimum Gasteiger partial charge on any atom is -0.367 e. The average molecular weight is 189 g/mol. The zero-order valence-electron chi connectivity index (χ0n) is 8.60. The maximum atomic E-state index is 8.75. The fourth-order valence-corrected chi connectivity index (χ4v) is 1.44. The highest BCUT2D eigenvalue weighted by Crippen LogP contribution is 2.20.